The third-order valence-electron chi connectivity index (χ3n) is 4.18. The van der Waals surface area contributed by atoms with E-state index in [-0.39, 0.29) is 29.9 Å². The van der Waals surface area contributed by atoms with Crippen LogP contribution in [-0.2, 0) is 11.3 Å². The van der Waals surface area contributed by atoms with E-state index < -0.39 is 0 Å². The van der Waals surface area contributed by atoms with Crippen LogP contribution in [0.3, 0.4) is 0 Å². The number of benzene rings is 2. The number of nitrogens with zero attached hydrogens (tertiary/aromatic N) is 1. The molecule has 0 aliphatic heterocycles. The van der Waals surface area contributed by atoms with Crippen molar-refractivity contribution in [2.75, 3.05) is 40.5 Å². The van der Waals surface area contributed by atoms with Crippen LogP contribution in [-0.4, -0.2) is 52.3 Å². The van der Waals surface area contributed by atoms with E-state index in [2.05, 4.69) is 27.0 Å². The zero-order chi connectivity index (χ0) is 20.9. The van der Waals surface area contributed by atoms with Gasteiger partial charge in [-0.3, -0.25) is 9.79 Å². The molecule has 0 saturated carbocycles. The first-order chi connectivity index (χ1) is 14.1. The maximum Gasteiger partial charge on any atom is 0.251 e. The molecule has 0 unspecified atom stereocenters. The molecular formula is C22H31IN4O3. The average Bonchev–Trinajstić information content (AvgIpc) is 2.75. The van der Waals surface area contributed by atoms with E-state index in [4.69, 9.17) is 9.47 Å². The van der Waals surface area contributed by atoms with Gasteiger partial charge in [-0.25, -0.2) is 0 Å². The third kappa shape index (κ3) is 9.00. The molecule has 0 atom stereocenters. The van der Waals surface area contributed by atoms with E-state index in [0.29, 0.717) is 44.4 Å². The van der Waals surface area contributed by atoms with E-state index in [1.165, 1.54) is 0 Å². The molecule has 8 heteroatoms. The maximum atomic E-state index is 12.0. The van der Waals surface area contributed by atoms with Crippen molar-refractivity contribution in [3.8, 4) is 5.75 Å². The van der Waals surface area contributed by atoms with Crippen LogP contribution in [0.4, 0.5) is 0 Å². The average molecular weight is 526 g/mol. The maximum absolute atomic E-state index is 12.0. The lowest BCUT2D eigenvalue weighted by Gasteiger charge is -2.15. The minimum atomic E-state index is -0.0900. The van der Waals surface area contributed by atoms with Crippen molar-refractivity contribution in [1.82, 2.24) is 16.0 Å². The van der Waals surface area contributed by atoms with Crippen LogP contribution < -0.4 is 20.7 Å². The van der Waals surface area contributed by atoms with Gasteiger partial charge in [0.05, 0.1) is 6.61 Å². The van der Waals surface area contributed by atoms with Gasteiger partial charge in [0.2, 0.25) is 0 Å². The van der Waals surface area contributed by atoms with Gasteiger partial charge in [-0.1, -0.05) is 30.3 Å². The van der Waals surface area contributed by atoms with Crippen molar-refractivity contribution in [2.45, 2.75) is 13.5 Å². The van der Waals surface area contributed by atoms with Gasteiger partial charge in [-0.2, -0.15) is 0 Å². The SMILES string of the molecule is CN=C(NCCNC(=O)c1ccccc1)NCc1ccc(C)cc1OCCOC.I. The molecule has 3 N–H and O–H groups in total. The standard InChI is InChI=1S/C22H30N4O3.HI/c1-17-9-10-19(20(15-17)29-14-13-28-3)16-26-22(23-2)25-12-11-24-21(27)18-7-5-4-6-8-18;/h4-10,15H,11-14,16H2,1-3H3,(H,24,27)(H2,23,25,26);1H. The summed E-state index contributed by atoms with van der Waals surface area (Å²) in [7, 11) is 3.36. The Morgan fingerprint density at radius 2 is 1.73 bits per heavy atom. The molecule has 0 fully saturated rings. The topological polar surface area (TPSA) is 84.0 Å². The second kappa shape index (κ2) is 14.6. The minimum absolute atomic E-state index is 0. The Bertz CT molecular complexity index is 800. The number of methoxy groups -OCH3 is 1. The van der Waals surface area contributed by atoms with Crippen LogP contribution in [0.2, 0.25) is 0 Å². The quantitative estimate of drug-likeness (QED) is 0.192. The van der Waals surface area contributed by atoms with Gasteiger partial charge in [-0.15, -0.1) is 24.0 Å². The molecule has 0 aliphatic carbocycles. The lowest BCUT2D eigenvalue weighted by atomic mass is 10.1. The molecule has 0 spiro atoms. The summed E-state index contributed by atoms with van der Waals surface area (Å²) in [4.78, 5) is 16.3. The fourth-order valence-corrected chi connectivity index (χ4v) is 2.63. The third-order valence-corrected chi connectivity index (χ3v) is 4.18. The normalized spacial score (nSPS) is 10.7. The molecule has 164 valence electrons. The van der Waals surface area contributed by atoms with Crippen molar-refractivity contribution in [3.05, 3.63) is 65.2 Å². The Balaban J connectivity index is 0.00000450. The summed E-state index contributed by atoms with van der Waals surface area (Å²) in [5.41, 5.74) is 2.82. The van der Waals surface area contributed by atoms with Crippen molar-refractivity contribution in [2.24, 2.45) is 4.99 Å². The zero-order valence-corrected chi connectivity index (χ0v) is 20.1. The summed E-state index contributed by atoms with van der Waals surface area (Å²) in [6.45, 7) is 4.69. The molecular weight excluding hydrogens is 495 g/mol. The number of carbonyl (C=O) groups excluding carboxylic acids is 1. The zero-order valence-electron chi connectivity index (χ0n) is 17.7. The Morgan fingerprint density at radius 1 is 1.00 bits per heavy atom. The number of ether oxygens (including phenoxy) is 2. The van der Waals surface area contributed by atoms with Gasteiger partial charge in [0.1, 0.15) is 12.4 Å². The highest BCUT2D eigenvalue weighted by Gasteiger charge is 2.07. The molecule has 7 nitrogen and oxygen atoms in total. The summed E-state index contributed by atoms with van der Waals surface area (Å²) in [6.07, 6.45) is 0. The van der Waals surface area contributed by atoms with E-state index in [0.717, 1.165) is 16.9 Å². The molecule has 0 saturated heterocycles. The first kappa shape index (κ1) is 25.7. The van der Waals surface area contributed by atoms with Crippen LogP contribution in [0.1, 0.15) is 21.5 Å². The molecule has 0 bridgehead atoms. The van der Waals surface area contributed by atoms with Gasteiger partial charge < -0.3 is 25.4 Å². The smallest absolute Gasteiger partial charge is 0.251 e. The lowest BCUT2D eigenvalue weighted by Crippen LogP contribution is -2.41. The predicted molar refractivity (Wildman–Crippen MR) is 131 cm³/mol. The number of rotatable bonds is 10. The molecule has 2 aromatic carbocycles. The molecule has 1 amide bonds. The number of hydrogen-bond donors (Lipinski definition) is 3. The van der Waals surface area contributed by atoms with Crippen LogP contribution in [0.5, 0.6) is 5.75 Å². The largest absolute Gasteiger partial charge is 0.491 e. The van der Waals surface area contributed by atoms with Crippen molar-refractivity contribution in [1.29, 1.82) is 0 Å². The van der Waals surface area contributed by atoms with Crippen LogP contribution in [0.25, 0.3) is 0 Å². The number of carbonyl (C=O) groups is 1. The fourth-order valence-electron chi connectivity index (χ4n) is 2.63. The molecule has 0 radical (unpaired) electrons. The molecule has 2 aromatic rings. The first-order valence-electron chi connectivity index (χ1n) is 9.63. The number of halogens is 1. The molecule has 30 heavy (non-hydrogen) atoms. The van der Waals surface area contributed by atoms with E-state index >= 15 is 0 Å². The monoisotopic (exact) mass is 526 g/mol. The summed E-state index contributed by atoms with van der Waals surface area (Å²) in [5.74, 6) is 1.40. The Hall–Kier alpha value is -2.33. The summed E-state index contributed by atoms with van der Waals surface area (Å²) >= 11 is 0. The molecule has 0 aliphatic rings. The van der Waals surface area contributed by atoms with Gasteiger partial charge in [0.25, 0.3) is 5.91 Å². The van der Waals surface area contributed by atoms with Crippen LogP contribution in [0, 0.1) is 6.92 Å². The second-order valence-corrected chi connectivity index (χ2v) is 6.43. The van der Waals surface area contributed by atoms with Crippen molar-refractivity contribution >= 4 is 35.8 Å². The number of aryl methyl sites for hydroxylation is 1. The number of aliphatic imine (C=N–C) groups is 1. The van der Waals surface area contributed by atoms with Gasteiger partial charge >= 0.3 is 0 Å². The van der Waals surface area contributed by atoms with Gasteiger partial charge in [0.15, 0.2) is 5.96 Å². The number of hydrogen-bond acceptors (Lipinski definition) is 4. The fraction of sp³-hybridized carbons (Fsp3) is 0.364. The van der Waals surface area contributed by atoms with Crippen molar-refractivity contribution in [3.63, 3.8) is 0 Å². The number of amides is 1. The highest BCUT2D eigenvalue weighted by atomic mass is 127. The Kier molecular flexibility index (Phi) is 12.5. The minimum Gasteiger partial charge on any atom is -0.491 e. The van der Waals surface area contributed by atoms with Crippen LogP contribution >= 0.6 is 24.0 Å². The first-order valence-corrected chi connectivity index (χ1v) is 9.63. The highest BCUT2D eigenvalue weighted by molar-refractivity contribution is 14.0. The van der Waals surface area contributed by atoms with E-state index in [1.54, 1.807) is 26.3 Å². The molecule has 0 aromatic heterocycles. The Labute approximate surface area is 195 Å². The second-order valence-electron chi connectivity index (χ2n) is 6.43. The summed E-state index contributed by atoms with van der Waals surface area (Å²) < 4.78 is 10.9. The van der Waals surface area contributed by atoms with Crippen LogP contribution in [0.15, 0.2) is 53.5 Å². The number of guanidine groups is 1. The highest BCUT2D eigenvalue weighted by Crippen LogP contribution is 2.20. The summed E-state index contributed by atoms with van der Waals surface area (Å²) in [6, 6.07) is 15.3. The van der Waals surface area contributed by atoms with Gasteiger partial charge in [-0.05, 0) is 30.7 Å². The lowest BCUT2D eigenvalue weighted by molar-refractivity contribution is 0.0954. The number of nitrogens with one attached hydrogen (secondary N) is 3. The summed E-state index contributed by atoms with van der Waals surface area (Å²) in [5, 5.41) is 9.34. The molecule has 2 rings (SSSR count). The predicted octanol–water partition coefficient (Wildman–Crippen LogP) is 2.73. The molecule has 0 heterocycles. The van der Waals surface area contributed by atoms with E-state index in [1.807, 2.05) is 37.3 Å². The van der Waals surface area contributed by atoms with Crippen molar-refractivity contribution < 1.29 is 14.3 Å². The Morgan fingerprint density at radius 3 is 2.43 bits per heavy atom. The van der Waals surface area contributed by atoms with Gasteiger partial charge in [0, 0.05) is 44.9 Å². The van der Waals surface area contributed by atoms with E-state index in [9.17, 15) is 4.79 Å².